The Balaban J connectivity index is 1.09. The lowest BCUT2D eigenvalue weighted by atomic mass is 9.67. The fourth-order valence-corrected chi connectivity index (χ4v) is 11.0. The van der Waals surface area contributed by atoms with Gasteiger partial charge in [-0.05, 0) is 114 Å². The molecular formula is C65H43NO. The van der Waals surface area contributed by atoms with Crippen molar-refractivity contribution in [1.82, 2.24) is 0 Å². The number of hydrogen-bond acceptors (Lipinski definition) is 2. The Morgan fingerprint density at radius 1 is 0.313 bits per heavy atom. The van der Waals surface area contributed by atoms with E-state index in [1.807, 2.05) is 0 Å². The van der Waals surface area contributed by atoms with E-state index in [1.54, 1.807) is 0 Å². The average Bonchev–Trinajstić information content (AvgIpc) is 3.62. The molecule has 0 aromatic heterocycles. The maximum Gasteiger partial charge on any atom is 0.159 e. The number of para-hydroxylation sites is 1. The van der Waals surface area contributed by atoms with Gasteiger partial charge in [-0.1, -0.05) is 218 Å². The Hall–Kier alpha value is -8.72. The van der Waals surface area contributed by atoms with E-state index < -0.39 is 5.41 Å². The van der Waals surface area contributed by atoms with Crippen molar-refractivity contribution < 1.29 is 4.74 Å². The van der Waals surface area contributed by atoms with Gasteiger partial charge in [-0.3, -0.25) is 0 Å². The van der Waals surface area contributed by atoms with Crippen LogP contribution in [0, 0.1) is 0 Å². The maximum absolute atomic E-state index is 7.51. The Bertz CT molecular complexity index is 3600. The molecule has 0 saturated carbocycles. The highest BCUT2D eigenvalue weighted by Crippen LogP contribution is 2.59. The van der Waals surface area contributed by atoms with Crippen molar-refractivity contribution in [2.24, 2.45) is 0 Å². The van der Waals surface area contributed by atoms with Crippen molar-refractivity contribution in [3.63, 3.8) is 0 Å². The summed E-state index contributed by atoms with van der Waals surface area (Å²) < 4.78 is 7.51. The molecule has 0 amide bonds. The quantitative estimate of drug-likeness (QED) is 0.158. The highest BCUT2D eigenvalue weighted by Gasteiger charge is 2.46. The Morgan fingerprint density at radius 2 is 0.836 bits per heavy atom. The molecule has 0 N–H and O–H groups in total. The number of benzene rings is 11. The second kappa shape index (κ2) is 15.8. The summed E-state index contributed by atoms with van der Waals surface area (Å²) in [6, 6.07) is 94.9. The third kappa shape index (κ3) is 6.18. The molecule has 67 heavy (non-hydrogen) atoms. The fourth-order valence-electron chi connectivity index (χ4n) is 11.0. The summed E-state index contributed by atoms with van der Waals surface area (Å²) >= 11 is 0. The predicted molar refractivity (Wildman–Crippen MR) is 278 cm³/mol. The molecule has 2 heteroatoms. The monoisotopic (exact) mass is 853 g/mol. The fraction of sp³-hybridized carbons (Fsp3) is 0.0154. The van der Waals surface area contributed by atoms with Gasteiger partial charge in [0.25, 0.3) is 0 Å². The van der Waals surface area contributed by atoms with Gasteiger partial charge >= 0.3 is 0 Å². The van der Waals surface area contributed by atoms with Crippen LogP contribution in [0.2, 0.25) is 0 Å². The molecule has 314 valence electrons. The first-order valence-corrected chi connectivity index (χ1v) is 23.1. The van der Waals surface area contributed by atoms with E-state index in [9.17, 15) is 0 Å². The van der Waals surface area contributed by atoms with Gasteiger partial charge in [0, 0.05) is 28.1 Å². The molecule has 1 aliphatic carbocycles. The van der Waals surface area contributed by atoms with Gasteiger partial charge in [0.15, 0.2) is 5.75 Å². The van der Waals surface area contributed by atoms with Gasteiger partial charge in [-0.2, -0.15) is 0 Å². The molecular weight excluding hydrogens is 811 g/mol. The zero-order chi connectivity index (χ0) is 44.3. The molecule has 1 heterocycles. The SMILES string of the molecule is c1ccc(-c2ccc(N(c3ccc4c(c3)C(c3ccccc3)(c3ccccc3)c3ccccc3-4)c3cccc4c3Oc3cc5ccccc5cc3-c3c(-c5ccccc5)cccc3-4)cc2)cc1. The highest BCUT2D eigenvalue weighted by molar-refractivity contribution is 6.04. The Kier molecular flexibility index (Phi) is 9.11. The third-order valence-corrected chi connectivity index (χ3v) is 13.9. The molecule has 0 radical (unpaired) electrons. The molecule has 11 aromatic carbocycles. The molecule has 0 bridgehead atoms. The standard InChI is InChI=1S/C65H43NO/c1-5-19-44(20-6-1)45-35-37-51(38-36-45)66(52-39-40-55-54-29-15-16-33-59(54)65(60(55)43-52,49-25-9-3-10-26-49)50-27-11-4-12-28-50)61-34-18-32-57-56-31-17-30-53(46-21-7-2-8-22-46)63(56)58-41-47-23-13-14-24-48(47)42-62(58)67-64(57)61/h1-43H. The van der Waals surface area contributed by atoms with Crippen LogP contribution in [0.25, 0.3) is 66.4 Å². The second-order valence-electron chi connectivity index (χ2n) is 17.6. The molecule has 0 saturated heterocycles. The van der Waals surface area contributed by atoms with Crippen molar-refractivity contribution in [2.45, 2.75) is 5.41 Å². The van der Waals surface area contributed by atoms with Crippen LogP contribution >= 0.6 is 0 Å². The zero-order valence-electron chi connectivity index (χ0n) is 36.7. The lowest BCUT2D eigenvalue weighted by molar-refractivity contribution is 0.489. The first-order chi connectivity index (χ1) is 33.2. The molecule has 0 spiro atoms. The van der Waals surface area contributed by atoms with Crippen LogP contribution in [0.4, 0.5) is 17.1 Å². The van der Waals surface area contributed by atoms with Crippen molar-refractivity contribution in [3.05, 3.63) is 283 Å². The third-order valence-electron chi connectivity index (χ3n) is 13.9. The topological polar surface area (TPSA) is 12.5 Å². The number of hydrogen-bond donors (Lipinski definition) is 0. The van der Waals surface area contributed by atoms with Crippen molar-refractivity contribution in [1.29, 1.82) is 0 Å². The Labute approximate surface area is 391 Å². The summed E-state index contributed by atoms with van der Waals surface area (Å²) in [7, 11) is 0. The second-order valence-corrected chi connectivity index (χ2v) is 17.6. The van der Waals surface area contributed by atoms with Gasteiger partial charge < -0.3 is 9.64 Å². The molecule has 0 fully saturated rings. The molecule has 2 aliphatic rings. The number of nitrogens with zero attached hydrogens (tertiary/aromatic N) is 1. The van der Waals surface area contributed by atoms with Crippen molar-refractivity contribution in [3.8, 4) is 67.1 Å². The van der Waals surface area contributed by atoms with Crippen LogP contribution in [0.15, 0.2) is 261 Å². The van der Waals surface area contributed by atoms with E-state index in [0.29, 0.717) is 0 Å². The number of fused-ring (bicyclic) bond motifs is 9. The van der Waals surface area contributed by atoms with E-state index in [2.05, 4.69) is 266 Å². The summed E-state index contributed by atoms with van der Waals surface area (Å²) in [5.74, 6) is 1.63. The summed E-state index contributed by atoms with van der Waals surface area (Å²) in [6.07, 6.45) is 0. The molecule has 2 nitrogen and oxygen atoms in total. The van der Waals surface area contributed by atoms with Crippen molar-refractivity contribution in [2.75, 3.05) is 4.90 Å². The van der Waals surface area contributed by atoms with Crippen LogP contribution in [0.3, 0.4) is 0 Å². The van der Waals surface area contributed by atoms with Gasteiger partial charge in [-0.25, -0.2) is 0 Å². The van der Waals surface area contributed by atoms with Crippen molar-refractivity contribution >= 4 is 27.8 Å². The first-order valence-electron chi connectivity index (χ1n) is 23.1. The minimum Gasteiger partial charge on any atom is -0.454 e. The van der Waals surface area contributed by atoms with E-state index in [1.165, 1.54) is 49.9 Å². The summed E-state index contributed by atoms with van der Waals surface area (Å²) in [4.78, 5) is 2.41. The first kappa shape index (κ1) is 38.7. The molecule has 0 atom stereocenters. The van der Waals surface area contributed by atoms with E-state index in [4.69, 9.17) is 4.74 Å². The van der Waals surface area contributed by atoms with Crippen LogP contribution in [0.1, 0.15) is 22.3 Å². The predicted octanol–water partition coefficient (Wildman–Crippen LogP) is 17.4. The summed E-state index contributed by atoms with van der Waals surface area (Å²) in [5, 5.41) is 2.30. The molecule has 0 unspecified atom stereocenters. The van der Waals surface area contributed by atoms with Crippen LogP contribution in [0.5, 0.6) is 11.5 Å². The van der Waals surface area contributed by atoms with Gasteiger partial charge in [0.2, 0.25) is 0 Å². The largest absolute Gasteiger partial charge is 0.454 e. The maximum atomic E-state index is 7.51. The Morgan fingerprint density at radius 3 is 1.55 bits per heavy atom. The van der Waals surface area contributed by atoms with Gasteiger partial charge in [-0.15, -0.1) is 0 Å². The highest BCUT2D eigenvalue weighted by atomic mass is 16.5. The minimum absolute atomic E-state index is 0.565. The number of anilines is 3. The summed E-state index contributed by atoms with van der Waals surface area (Å²) in [5.41, 5.74) is 19.0. The number of rotatable bonds is 7. The minimum atomic E-state index is -0.565. The normalized spacial score (nSPS) is 12.7. The van der Waals surface area contributed by atoms with Crippen LogP contribution in [-0.4, -0.2) is 0 Å². The number of ether oxygens (including phenoxy) is 1. The van der Waals surface area contributed by atoms with E-state index in [-0.39, 0.29) is 0 Å². The lowest BCUT2D eigenvalue weighted by Crippen LogP contribution is -2.28. The smallest absolute Gasteiger partial charge is 0.159 e. The lowest BCUT2D eigenvalue weighted by Gasteiger charge is -2.35. The van der Waals surface area contributed by atoms with Gasteiger partial charge in [0.1, 0.15) is 5.75 Å². The van der Waals surface area contributed by atoms with Gasteiger partial charge in [0.05, 0.1) is 11.1 Å². The molecule has 1 aliphatic heterocycles. The van der Waals surface area contributed by atoms with Crippen LogP contribution < -0.4 is 9.64 Å². The molecule has 13 rings (SSSR count). The van der Waals surface area contributed by atoms with E-state index >= 15 is 0 Å². The zero-order valence-corrected chi connectivity index (χ0v) is 36.7. The van der Waals surface area contributed by atoms with E-state index in [0.717, 1.165) is 67.3 Å². The summed E-state index contributed by atoms with van der Waals surface area (Å²) in [6.45, 7) is 0. The van der Waals surface area contributed by atoms with Crippen LogP contribution in [-0.2, 0) is 5.41 Å². The molecule has 11 aromatic rings. The average molecular weight is 854 g/mol.